The Morgan fingerprint density at radius 3 is 2.88 bits per heavy atom. The Balaban J connectivity index is 1.66. The molecule has 1 N–H and O–H groups in total. The highest BCUT2D eigenvalue weighted by Gasteiger charge is 2.23. The minimum Gasteiger partial charge on any atom is -0.335 e. The van der Waals surface area contributed by atoms with Gasteiger partial charge in [-0.15, -0.1) is 11.3 Å². The molecule has 0 unspecified atom stereocenters. The van der Waals surface area contributed by atoms with Gasteiger partial charge in [0.15, 0.2) is 0 Å². The number of aromatic nitrogens is 2. The molecule has 0 saturated carbocycles. The van der Waals surface area contributed by atoms with E-state index in [1.165, 1.54) is 4.88 Å². The van der Waals surface area contributed by atoms with Crippen molar-refractivity contribution in [2.45, 2.75) is 25.8 Å². The van der Waals surface area contributed by atoms with Crippen LogP contribution in [0.25, 0.3) is 10.2 Å². The largest absolute Gasteiger partial charge is 0.335 e. The maximum atomic E-state index is 12.6. The molecule has 1 aromatic carbocycles. The number of aryl methyl sites for hydroxylation is 2. The van der Waals surface area contributed by atoms with E-state index in [9.17, 15) is 9.59 Å². The van der Waals surface area contributed by atoms with Gasteiger partial charge in [-0.05, 0) is 30.4 Å². The number of benzene rings is 1. The number of H-pyrrole nitrogens is 1. The van der Waals surface area contributed by atoms with Crippen molar-refractivity contribution in [1.82, 2.24) is 14.9 Å². The van der Waals surface area contributed by atoms with E-state index in [2.05, 4.69) is 9.97 Å². The maximum Gasteiger partial charge on any atom is 0.289 e. The van der Waals surface area contributed by atoms with Crippen molar-refractivity contribution >= 4 is 27.5 Å². The van der Waals surface area contributed by atoms with E-state index in [0.29, 0.717) is 16.8 Å². The second kappa shape index (κ2) is 5.87. The number of nitrogens with one attached hydrogen (secondary N) is 1. The van der Waals surface area contributed by atoms with Gasteiger partial charge in [0.2, 0.25) is 5.82 Å². The summed E-state index contributed by atoms with van der Waals surface area (Å²) in [5.74, 6) is -0.155. The van der Waals surface area contributed by atoms with Gasteiger partial charge in [-0.3, -0.25) is 9.59 Å². The molecule has 0 aliphatic heterocycles. The number of carbonyl (C=O) groups is 1. The predicted octanol–water partition coefficient (Wildman–Crippen LogP) is 2.75. The van der Waals surface area contributed by atoms with Crippen LogP contribution in [0.3, 0.4) is 0 Å². The molecule has 1 aliphatic carbocycles. The highest BCUT2D eigenvalue weighted by Crippen LogP contribution is 2.34. The summed E-state index contributed by atoms with van der Waals surface area (Å²) in [6, 6.07) is 9.74. The molecule has 4 rings (SSSR count). The molecule has 3 aromatic rings. The number of nitrogens with zero attached hydrogens (tertiary/aromatic N) is 2. The molecule has 0 bridgehead atoms. The van der Waals surface area contributed by atoms with Crippen molar-refractivity contribution in [2.24, 2.45) is 0 Å². The quantitative estimate of drug-likeness (QED) is 0.798. The molecule has 1 amide bonds. The summed E-state index contributed by atoms with van der Waals surface area (Å²) in [5, 5.41) is 0.676. The summed E-state index contributed by atoms with van der Waals surface area (Å²) in [7, 11) is 1.72. The summed E-state index contributed by atoms with van der Waals surface area (Å²) in [5.41, 5.74) is 1.96. The lowest BCUT2D eigenvalue weighted by atomic mass is 10.2. The second-order valence-electron chi connectivity index (χ2n) is 6.10. The molecule has 1 aliphatic rings. The molecule has 0 radical (unpaired) electrons. The fourth-order valence-electron chi connectivity index (χ4n) is 3.21. The van der Waals surface area contributed by atoms with Gasteiger partial charge in [-0.25, -0.2) is 4.98 Å². The summed E-state index contributed by atoms with van der Waals surface area (Å²) in [6.07, 6.45) is 3.03. The van der Waals surface area contributed by atoms with E-state index >= 15 is 0 Å². The fraction of sp³-hybridized carbons (Fsp3) is 0.278. The molecule has 122 valence electrons. The van der Waals surface area contributed by atoms with Gasteiger partial charge in [0.05, 0.1) is 5.39 Å². The monoisotopic (exact) mass is 339 g/mol. The Hall–Kier alpha value is -2.47. The third kappa shape index (κ3) is 2.53. The van der Waals surface area contributed by atoms with Crippen LogP contribution in [0, 0.1) is 0 Å². The zero-order valence-corrected chi connectivity index (χ0v) is 14.2. The van der Waals surface area contributed by atoms with Crippen molar-refractivity contribution in [3.05, 3.63) is 62.5 Å². The van der Waals surface area contributed by atoms with Crippen molar-refractivity contribution in [3.63, 3.8) is 0 Å². The highest BCUT2D eigenvalue weighted by atomic mass is 32.1. The first-order valence-corrected chi connectivity index (χ1v) is 8.79. The molecular weight excluding hydrogens is 322 g/mol. The Bertz CT molecular complexity index is 975. The topological polar surface area (TPSA) is 66.1 Å². The molecule has 0 saturated heterocycles. The van der Waals surface area contributed by atoms with Crippen molar-refractivity contribution in [1.29, 1.82) is 0 Å². The van der Waals surface area contributed by atoms with E-state index in [-0.39, 0.29) is 17.3 Å². The Kier molecular flexibility index (Phi) is 3.69. The predicted molar refractivity (Wildman–Crippen MR) is 94.5 cm³/mol. The molecule has 0 spiro atoms. The van der Waals surface area contributed by atoms with Gasteiger partial charge < -0.3 is 9.88 Å². The Labute approximate surface area is 143 Å². The van der Waals surface area contributed by atoms with Crippen LogP contribution in [0.4, 0.5) is 0 Å². The average Bonchev–Trinajstić information content (AvgIpc) is 3.15. The van der Waals surface area contributed by atoms with Crippen LogP contribution in [0.2, 0.25) is 0 Å². The Morgan fingerprint density at radius 2 is 2.08 bits per heavy atom. The van der Waals surface area contributed by atoms with Crippen LogP contribution in [0.5, 0.6) is 0 Å². The van der Waals surface area contributed by atoms with E-state index in [1.807, 2.05) is 30.3 Å². The lowest BCUT2D eigenvalue weighted by Crippen LogP contribution is -2.29. The number of hydrogen-bond donors (Lipinski definition) is 1. The van der Waals surface area contributed by atoms with E-state index in [4.69, 9.17) is 0 Å². The molecule has 5 nitrogen and oxygen atoms in total. The molecule has 2 heterocycles. The minimum absolute atomic E-state index is 0.117. The van der Waals surface area contributed by atoms with Crippen LogP contribution in [-0.2, 0) is 19.4 Å². The molecule has 2 aromatic heterocycles. The third-order valence-electron chi connectivity index (χ3n) is 4.39. The molecule has 6 heteroatoms. The number of thiophene rings is 1. The lowest BCUT2D eigenvalue weighted by Gasteiger charge is -2.16. The number of aromatic amines is 1. The zero-order valence-electron chi connectivity index (χ0n) is 13.3. The molecular formula is C18H17N3O2S. The number of carbonyl (C=O) groups excluding carboxylic acids is 1. The molecule has 0 atom stereocenters. The van der Waals surface area contributed by atoms with E-state index in [0.717, 1.165) is 30.4 Å². The van der Waals surface area contributed by atoms with Crippen molar-refractivity contribution < 1.29 is 4.79 Å². The van der Waals surface area contributed by atoms with Gasteiger partial charge in [0, 0.05) is 18.5 Å². The van der Waals surface area contributed by atoms with Gasteiger partial charge in [-0.1, -0.05) is 30.3 Å². The molecule has 24 heavy (non-hydrogen) atoms. The maximum absolute atomic E-state index is 12.6. The summed E-state index contributed by atoms with van der Waals surface area (Å²) < 4.78 is 0. The van der Waals surface area contributed by atoms with Crippen molar-refractivity contribution in [3.8, 4) is 0 Å². The van der Waals surface area contributed by atoms with E-state index < -0.39 is 0 Å². The second-order valence-corrected chi connectivity index (χ2v) is 7.18. The lowest BCUT2D eigenvalue weighted by molar-refractivity contribution is 0.0773. The first kappa shape index (κ1) is 15.1. The number of amides is 1. The first-order chi connectivity index (χ1) is 11.6. The minimum atomic E-state index is -0.272. The number of fused-ring (bicyclic) bond motifs is 3. The van der Waals surface area contributed by atoms with Crippen molar-refractivity contribution in [2.75, 3.05) is 7.05 Å². The summed E-state index contributed by atoms with van der Waals surface area (Å²) in [4.78, 5) is 35.7. The van der Waals surface area contributed by atoms with Crippen LogP contribution >= 0.6 is 11.3 Å². The Morgan fingerprint density at radius 1 is 1.29 bits per heavy atom. The number of hydrogen-bond acceptors (Lipinski definition) is 4. The third-order valence-corrected chi connectivity index (χ3v) is 5.57. The number of rotatable bonds is 3. The fourth-order valence-corrected chi connectivity index (χ4v) is 4.48. The average molecular weight is 339 g/mol. The normalized spacial score (nSPS) is 13.2. The summed E-state index contributed by atoms with van der Waals surface area (Å²) in [6.45, 7) is 0.475. The van der Waals surface area contributed by atoms with Gasteiger partial charge in [0.1, 0.15) is 4.83 Å². The standard InChI is InChI=1S/C18H17N3O2S/c1-21(10-11-6-3-2-4-7-11)18(23)15-19-16(22)14-12-8-5-9-13(12)24-17(14)20-15/h2-4,6-7H,5,8-10H2,1H3,(H,19,20,22). The van der Waals surface area contributed by atoms with Gasteiger partial charge >= 0.3 is 0 Å². The van der Waals surface area contributed by atoms with Crippen LogP contribution in [0.15, 0.2) is 35.1 Å². The van der Waals surface area contributed by atoms with Gasteiger partial charge in [-0.2, -0.15) is 0 Å². The zero-order chi connectivity index (χ0) is 16.7. The smallest absolute Gasteiger partial charge is 0.289 e. The van der Waals surface area contributed by atoms with Crippen LogP contribution in [0.1, 0.15) is 33.0 Å². The van der Waals surface area contributed by atoms with Crippen LogP contribution in [-0.4, -0.2) is 27.8 Å². The van der Waals surface area contributed by atoms with Gasteiger partial charge in [0.25, 0.3) is 11.5 Å². The van der Waals surface area contributed by atoms with E-state index in [1.54, 1.807) is 23.3 Å². The van der Waals surface area contributed by atoms with Crippen LogP contribution < -0.4 is 5.56 Å². The highest BCUT2D eigenvalue weighted by molar-refractivity contribution is 7.18. The molecule has 0 fully saturated rings. The SMILES string of the molecule is CN(Cc1ccccc1)C(=O)c1nc2sc3c(c2c(=O)[nH]1)CCC3. The summed E-state index contributed by atoms with van der Waals surface area (Å²) >= 11 is 1.55. The first-order valence-electron chi connectivity index (χ1n) is 7.97.